The van der Waals surface area contributed by atoms with Crippen LogP contribution in [-0.2, 0) is 0 Å². The number of benzene rings is 1. The minimum atomic E-state index is -0.176. The van der Waals surface area contributed by atoms with Crippen LogP contribution >= 0.6 is 15.9 Å². The first kappa shape index (κ1) is 17.6. The molecule has 0 aliphatic rings. The van der Waals surface area contributed by atoms with Crippen LogP contribution in [0.15, 0.2) is 22.7 Å². The van der Waals surface area contributed by atoms with E-state index in [0.717, 1.165) is 17.4 Å². The van der Waals surface area contributed by atoms with Gasteiger partial charge in [0.25, 0.3) is 0 Å². The molecule has 1 aromatic rings. The summed E-state index contributed by atoms with van der Waals surface area (Å²) in [6, 6.07) is 5.36. The van der Waals surface area contributed by atoms with Gasteiger partial charge in [0.1, 0.15) is 5.82 Å². The molecule has 0 aromatic heterocycles. The lowest BCUT2D eigenvalue weighted by molar-refractivity contribution is 0.151. The summed E-state index contributed by atoms with van der Waals surface area (Å²) in [7, 11) is 0. The van der Waals surface area contributed by atoms with E-state index < -0.39 is 0 Å². The van der Waals surface area contributed by atoms with Crippen molar-refractivity contribution in [3.63, 3.8) is 0 Å². The van der Waals surface area contributed by atoms with E-state index in [4.69, 9.17) is 5.73 Å². The zero-order valence-corrected chi connectivity index (χ0v) is 14.3. The van der Waals surface area contributed by atoms with Crippen LogP contribution in [0.4, 0.5) is 4.39 Å². The number of hydrogen-bond donors (Lipinski definition) is 1. The Morgan fingerprint density at radius 3 is 2.55 bits per heavy atom. The molecule has 114 valence electrons. The minimum absolute atomic E-state index is 0.0654. The van der Waals surface area contributed by atoms with Crippen LogP contribution in [0.25, 0.3) is 0 Å². The largest absolute Gasteiger partial charge is 0.329 e. The Hall–Kier alpha value is -0.450. The van der Waals surface area contributed by atoms with Gasteiger partial charge in [-0.15, -0.1) is 0 Å². The van der Waals surface area contributed by atoms with Crippen LogP contribution in [0.3, 0.4) is 0 Å². The molecule has 0 saturated heterocycles. The van der Waals surface area contributed by atoms with Crippen molar-refractivity contribution < 1.29 is 4.39 Å². The quantitative estimate of drug-likeness (QED) is 0.704. The Balaban J connectivity index is 2.97. The lowest BCUT2D eigenvalue weighted by Crippen LogP contribution is -2.39. The van der Waals surface area contributed by atoms with Crippen molar-refractivity contribution >= 4 is 15.9 Å². The van der Waals surface area contributed by atoms with Gasteiger partial charge in [0, 0.05) is 22.6 Å². The van der Waals surface area contributed by atoms with Gasteiger partial charge in [-0.05, 0) is 45.0 Å². The summed E-state index contributed by atoms with van der Waals surface area (Å²) in [6.07, 6.45) is 3.51. The molecule has 1 aromatic carbocycles. The summed E-state index contributed by atoms with van der Waals surface area (Å²) in [5.41, 5.74) is 6.63. The summed E-state index contributed by atoms with van der Waals surface area (Å²) < 4.78 is 15.0. The van der Waals surface area contributed by atoms with Crippen molar-refractivity contribution in [2.75, 3.05) is 13.1 Å². The lowest BCUT2D eigenvalue weighted by atomic mass is 10.0. The first-order chi connectivity index (χ1) is 9.51. The number of unbranched alkanes of at least 4 members (excludes halogenated alkanes) is 2. The molecule has 20 heavy (non-hydrogen) atoms. The minimum Gasteiger partial charge on any atom is -0.329 e. The summed E-state index contributed by atoms with van der Waals surface area (Å²) in [4.78, 5) is 2.31. The Morgan fingerprint density at radius 2 is 2.00 bits per heavy atom. The molecule has 1 unspecified atom stereocenters. The molecule has 2 nitrogen and oxygen atoms in total. The third-order valence-corrected chi connectivity index (χ3v) is 4.12. The molecular weight excluding hydrogens is 319 g/mol. The van der Waals surface area contributed by atoms with Gasteiger partial charge in [-0.3, -0.25) is 4.90 Å². The van der Waals surface area contributed by atoms with Crippen LogP contribution in [-0.4, -0.2) is 24.0 Å². The second-order valence-corrected chi connectivity index (χ2v) is 6.37. The van der Waals surface area contributed by atoms with Crippen molar-refractivity contribution in [2.45, 2.75) is 52.1 Å². The van der Waals surface area contributed by atoms with Gasteiger partial charge in [0.2, 0.25) is 0 Å². The van der Waals surface area contributed by atoms with E-state index >= 15 is 0 Å². The topological polar surface area (TPSA) is 29.3 Å². The predicted octanol–water partition coefficient (Wildman–Crippen LogP) is 4.49. The van der Waals surface area contributed by atoms with Crippen LogP contribution in [0.1, 0.15) is 51.6 Å². The first-order valence-corrected chi connectivity index (χ1v) is 8.21. The SMILES string of the molecule is CCCCCN(C(C)C)C(CN)c1cc(Br)ccc1F. The second kappa shape index (κ2) is 8.75. The molecular formula is C16H26BrFN2. The molecule has 0 radical (unpaired) electrons. The van der Waals surface area contributed by atoms with Crippen molar-refractivity contribution in [3.05, 3.63) is 34.1 Å². The maximum Gasteiger partial charge on any atom is 0.128 e. The van der Waals surface area contributed by atoms with Gasteiger partial charge in [0.15, 0.2) is 0 Å². The average Bonchev–Trinajstić information content (AvgIpc) is 2.41. The number of rotatable bonds is 8. The van der Waals surface area contributed by atoms with Crippen molar-refractivity contribution in [2.24, 2.45) is 5.73 Å². The molecule has 0 aliphatic carbocycles. The number of halogens is 2. The van der Waals surface area contributed by atoms with Gasteiger partial charge in [-0.25, -0.2) is 4.39 Å². The monoisotopic (exact) mass is 344 g/mol. The van der Waals surface area contributed by atoms with Crippen LogP contribution in [0, 0.1) is 5.82 Å². The summed E-state index contributed by atoms with van der Waals surface area (Å²) in [6.45, 7) is 7.86. The molecule has 2 N–H and O–H groups in total. The summed E-state index contributed by atoms with van der Waals surface area (Å²) in [5, 5.41) is 0. The van der Waals surface area contributed by atoms with E-state index in [1.165, 1.54) is 18.9 Å². The van der Waals surface area contributed by atoms with Crippen LogP contribution in [0.5, 0.6) is 0 Å². The molecule has 0 amide bonds. The highest BCUT2D eigenvalue weighted by Crippen LogP contribution is 2.27. The number of nitrogens with two attached hydrogens (primary N) is 1. The Kier molecular flexibility index (Phi) is 7.70. The predicted molar refractivity (Wildman–Crippen MR) is 87.3 cm³/mol. The highest BCUT2D eigenvalue weighted by molar-refractivity contribution is 9.10. The van der Waals surface area contributed by atoms with E-state index in [9.17, 15) is 4.39 Å². The number of hydrogen-bond acceptors (Lipinski definition) is 2. The van der Waals surface area contributed by atoms with E-state index in [2.05, 4.69) is 41.6 Å². The highest BCUT2D eigenvalue weighted by Gasteiger charge is 2.24. The molecule has 0 bridgehead atoms. The standard InChI is InChI=1S/C16H26BrFN2/c1-4-5-6-9-20(12(2)3)16(11-19)14-10-13(17)7-8-15(14)18/h7-8,10,12,16H,4-6,9,11,19H2,1-3H3. The van der Waals surface area contributed by atoms with Gasteiger partial charge < -0.3 is 5.73 Å². The third kappa shape index (κ3) is 4.83. The van der Waals surface area contributed by atoms with Crippen LogP contribution < -0.4 is 5.73 Å². The van der Waals surface area contributed by atoms with Gasteiger partial charge in [-0.2, -0.15) is 0 Å². The number of nitrogens with zero attached hydrogens (tertiary/aromatic N) is 1. The zero-order chi connectivity index (χ0) is 15.1. The molecule has 0 heterocycles. The van der Waals surface area contributed by atoms with Gasteiger partial charge in [-0.1, -0.05) is 35.7 Å². The van der Waals surface area contributed by atoms with Gasteiger partial charge in [0.05, 0.1) is 6.04 Å². The maximum absolute atomic E-state index is 14.1. The zero-order valence-electron chi connectivity index (χ0n) is 12.7. The summed E-state index contributed by atoms with van der Waals surface area (Å²) in [5.74, 6) is -0.176. The first-order valence-electron chi connectivity index (χ1n) is 7.42. The fourth-order valence-corrected chi connectivity index (χ4v) is 2.91. The van der Waals surface area contributed by atoms with Crippen molar-refractivity contribution in [3.8, 4) is 0 Å². The van der Waals surface area contributed by atoms with Crippen LogP contribution in [0.2, 0.25) is 0 Å². The molecule has 0 spiro atoms. The fraction of sp³-hybridized carbons (Fsp3) is 0.625. The second-order valence-electron chi connectivity index (χ2n) is 5.46. The van der Waals surface area contributed by atoms with Crippen molar-refractivity contribution in [1.29, 1.82) is 0 Å². The lowest BCUT2D eigenvalue weighted by Gasteiger charge is -2.35. The van der Waals surface area contributed by atoms with E-state index in [1.54, 1.807) is 6.07 Å². The van der Waals surface area contributed by atoms with Crippen molar-refractivity contribution in [1.82, 2.24) is 4.90 Å². The molecule has 4 heteroatoms. The Morgan fingerprint density at radius 1 is 1.30 bits per heavy atom. The Labute approximate surface area is 130 Å². The third-order valence-electron chi connectivity index (χ3n) is 3.62. The van der Waals surface area contributed by atoms with E-state index in [1.807, 2.05) is 6.07 Å². The Bertz CT molecular complexity index is 409. The summed E-state index contributed by atoms with van der Waals surface area (Å²) >= 11 is 3.42. The average molecular weight is 345 g/mol. The molecule has 0 saturated carbocycles. The van der Waals surface area contributed by atoms with E-state index in [0.29, 0.717) is 18.2 Å². The van der Waals surface area contributed by atoms with Gasteiger partial charge >= 0.3 is 0 Å². The maximum atomic E-state index is 14.1. The molecule has 0 fully saturated rings. The smallest absolute Gasteiger partial charge is 0.128 e. The molecule has 1 rings (SSSR count). The molecule has 1 atom stereocenters. The fourth-order valence-electron chi connectivity index (χ4n) is 2.53. The molecule has 0 aliphatic heterocycles. The normalized spacial score (nSPS) is 13.2. The highest BCUT2D eigenvalue weighted by atomic mass is 79.9. The van der Waals surface area contributed by atoms with E-state index in [-0.39, 0.29) is 11.9 Å².